The molecule has 4 nitrogen and oxygen atoms in total. The van der Waals surface area contributed by atoms with Gasteiger partial charge in [0.2, 0.25) is 0 Å². The summed E-state index contributed by atoms with van der Waals surface area (Å²) in [5.41, 5.74) is 1.12. The van der Waals surface area contributed by atoms with E-state index in [2.05, 4.69) is 10.1 Å². The van der Waals surface area contributed by atoms with E-state index in [4.69, 9.17) is 0 Å². The second-order valence-corrected chi connectivity index (χ2v) is 4.12. The van der Waals surface area contributed by atoms with Crippen LogP contribution in [0.4, 0.5) is 0 Å². The molecule has 0 aromatic heterocycles. The summed E-state index contributed by atoms with van der Waals surface area (Å²) < 4.78 is 4.60. The van der Waals surface area contributed by atoms with Crippen molar-refractivity contribution in [2.24, 2.45) is 5.92 Å². The van der Waals surface area contributed by atoms with E-state index in [9.17, 15) is 9.59 Å². The number of esters is 1. The fourth-order valence-electron chi connectivity index (χ4n) is 2.00. The lowest BCUT2D eigenvalue weighted by atomic mass is 9.96. The van der Waals surface area contributed by atoms with E-state index < -0.39 is 0 Å². The summed E-state index contributed by atoms with van der Waals surface area (Å²) in [4.78, 5) is 23.3. The molecule has 1 aromatic carbocycles. The Balaban J connectivity index is 0.00000162. The number of ether oxygens (including phenoxy) is 1. The summed E-state index contributed by atoms with van der Waals surface area (Å²) in [7, 11) is 1.34. The molecule has 0 amide bonds. The van der Waals surface area contributed by atoms with Gasteiger partial charge in [-0.05, 0) is 25.1 Å². The lowest BCUT2D eigenvalue weighted by Crippen LogP contribution is -2.18. The van der Waals surface area contributed by atoms with Crippen LogP contribution in [0.2, 0.25) is 0 Å². The molecule has 1 N–H and O–H groups in total. The van der Waals surface area contributed by atoms with E-state index in [1.54, 1.807) is 24.3 Å². The molecule has 1 atom stereocenters. The number of carbonyl (C=O) groups excluding carboxylic acids is 2. The molecule has 98 valence electrons. The van der Waals surface area contributed by atoms with Crippen LogP contribution >= 0.6 is 12.4 Å². The first-order valence-electron chi connectivity index (χ1n) is 5.65. The normalized spacial score (nSPS) is 17.9. The summed E-state index contributed by atoms with van der Waals surface area (Å²) in [6.07, 6.45) is 0.886. The summed E-state index contributed by atoms with van der Waals surface area (Å²) in [5, 5.41) is 3.17. The number of ketones is 1. The molecule has 0 bridgehead atoms. The molecule has 2 rings (SSSR count). The molecule has 1 aliphatic rings. The second kappa shape index (κ2) is 6.52. The number of nitrogens with one attached hydrogen (secondary N) is 1. The minimum absolute atomic E-state index is 0. The maximum absolute atomic E-state index is 12.0. The van der Waals surface area contributed by atoms with Crippen LogP contribution in [-0.2, 0) is 4.74 Å². The highest BCUT2D eigenvalue weighted by atomic mass is 35.5. The van der Waals surface area contributed by atoms with Crippen LogP contribution < -0.4 is 5.32 Å². The maximum atomic E-state index is 12.0. The Labute approximate surface area is 112 Å². The Bertz CT molecular complexity index is 424. The highest BCUT2D eigenvalue weighted by Gasteiger charge is 2.23. The van der Waals surface area contributed by atoms with Crippen LogP contribution in [0.5, 0.6) is 0 Å². The number of Topliss-reactive ketones (excluding diaryl/α,β-unsaturated/α-hetero) is 1. The predicted molar refractivity (Wildman–Crippen MR) is 70.3 cm³/mol. The average molecular weight is 270 g/mol. The van der Waals surface area contributed by atoms with Crippen LogP contribution in [-0.4, -0.2) is 32.0 Å². The predicted octanol–water partition coefficient (Wildman–Crippen LogP) is 1.69. The highest BCUT2D eigenvalue weighted by molar-refractivity contribution is 5.99. The summed E-state index contributed by atoms with van der Waals surface area (Å²) >= 11 is 0. The van der Waals surface area contributed by atoms with Gasteiger partial charge in [-0.2, -0.15) is 0 Å². The van der Waals surface area contributed by atoms with Gasteiger partial charge in [0.1, 0.15) is 0 Å². The van der Waals surface area contributed by atoms with Crippen LogP contribution in [0.3, 0.4) is 0 Å². The van der Waals surface area contributed by atoms with Crippen LogP contribution in [0.1, 0.15) is 27.1 Å². The van der Waals surface area contributed by atoms with Gasteiger partial charge in [-0.1, -0.05) is 12.1 Å². The Hall–Kier alpha value is -1.39. The molecule has 1 heterocycles. The van der Waals surface area contributed by atoms with Crippen molar-refractivity contribution in [2.75, 3.05) is 20.2 Å². The SMILES string of the molecule is COC(=O)c1ccc(C(=O)C2CCNC2)cc1.Cl. The van der Waals surface area contributed by atoms with Crippen molar-refractivity contribution in [3.8, 4) is 0 Å². The molecule has 5 heteroatoms. The third kappa shape index (κ3) is 3.09. The molecule has 18 heavy (non-hydrogen) atoms. The van der Waals surface area contributed by atoms with Crippen molar-refractivity contribution < 1.29 is 14.3 Å². The molecular weight excluding hydrogens is 254 g/mol. The van der Waals surface area contributed by atoms with Crippen molar-refractivity contribution in [3.05, 3.63) is 35.4 Å². The van der Waals surface area contributed by atoms with Crippen LogP contribution in [0.25, 0.3) is 0 Å². The average Bonchev–Trinajstić information content (AvgIpc) is 2.91. The Kier molecular flexibility index (Phi) is 5.31. The van der Waals surface area contributed by atoms with Gasteiger partial charge in [-0.15, -0.1) is 12.4 Å². The molecule has 0 saturated carbocycles. The molecule has 1 aliphatic heterocycles. The number of hydrogen-bond donors (Lipinski definition) is 1. The fraction of sp³-hybridized carbons (Fsp3) is 0.385. The van der Waals surface area contributed by atoms with E-state index in [-0.39, 0.29) is 30.1 Å². The Morgan fingerprint density at radius 1 is 1.22 bits per heavy atom. The number of methoxy groups -OCH3 is 1. The second-order valence-electron chi connectivity index (χ2n) is 4.12. The summed E-state index contributed by atoms with van der Waals surface area (Å²) in [5.74, 6) is -0.170. The van der Waals surface area contributed by atoms with Gasteiger partial charge < -0.3 is 10.1 Å². The fourth-order valence-corrected chi connectivity index (χ4v) is 2.00. The van der Waals surface area contributed by atoms with E-state index >= 15 is 0 Å². The molecular formula is C13H16ClNO3. The molecule has 1 fully saturated rings. The Morgan fingerprint density at radius 2 is 1.83 bits per heavy atom. The van der Waals surface area contributed by atoms with Gasteiger partial charge >= 0.3 is 5.97 Å². The van der Waals surface area contributed by atoms with Gasteiger partial charge in [-0.25, -0.2) is 4.79 Å². The summed E-state index contributed by atoms with van der Waals surface area (Å²) in [6, 6.07) is 6.63. The first kappa shape index (κ1) is 14.7. The third-order valence-electron chi connectivity index (χ3n) is 3.02. The van der Waals surface area contributed by atoms with E-state index in [1.807, 2.05) is 0 Å². The van der Waals surface area contributed by atoms with Crippen molar-refractivity contribution >= 4 is 24.2 Å². The molecule has 0 radical (unpaired) electrons. The highest BCUT2D eigenvalue weighted by Crippen LogP contribution is 2.16. The zero-order valence-electron chi connectivity index (χ0n) is 10.1. The summed E-state index contributed by atoms with van der Waals surface area (Å²) in [6.45, 7) is 1.65. The monoisotopic (exact) mass is 269 g/mol. The van der Waals surface area contributed by atoms with Gasteiger partial charge in [-0.3, -0.25) is 4.79 Å². The molecule has 1 unspecified atom stereocenters. The van der Waals surface area contributed by atoms with Crippen molar-refractivity contribution in [2.45, 2.75) is 6.42 Å². The largest absolute Gasteiger partial charge is 0.465 e. The van der Waals surface area contributed by atoms with Crippen molar-refractivity contribution in [3.63, 3.8) is 0 Å². The number of rotatable bonds is 3. The standard InChI is InChI=1S/C13H15NO3.ClH/c1-17-13(16)10-4-2-9(3-5-10)12(15)11-6-7-14-8-11;/h2-5,11,14H,6-8H2,1H3;1H. The first-order chi connectivity index (χ1) is 8.22. The molecule has 0 spiro atoms. The smallest absolute Gasteiger partial charge is 0.337 e. The van der Waals surface area contributed by atoms with Gasteiger partial charge in [0.25, 0.3) is 0 Å². The van der Waals surface area contributed by atoms with Crippen LogP contribution in [0, 0.1) is 5.92 Å². The van der Waals surface area contributed by atoms with Crippen molar-refractivity contribution in [1.29, 1.82) is 0 Å². The molecule has 1 aromatic rings. The van der Waals surface area contributed by atoms with Crippen molar-refractivity contribution in [1.82, 2.24) is 5.32 Å². The lowest BCUT2D eigenvalue weighted by molar-refractivity contribution is 0.0600. The zero-order valence-corrected chi connectivity index (χ0v) is 11.0. The quantitative estimate of drug-likeness (QED) is 0.670. The van der Waals surface area contributed by atoms with E-state index in [1.165, 1.54) is 7.11 Å². The van der Waals surface area contributed by atoms with Crippen LogP contribution in [0.15, 0.2) is 24.3 Å². The van der Waals surface area contributed by atoms with E-state index in [0.29, 0.717) is 11.1 Å². The number of benzene rings is 1. The Morgan fingerprint density at radius 3 is 2.33 bits per heavy atom. The first-order valence-corrected chi connectivity index (χ1v) is 5.65. The number of halogens is 1. The van der Waals surface area contributed by atoms with Gasteiger partial charge in [0, 0.05) is 18.0 Å². The van der Waals surface area contributed by atoms with Gasteiger partial charge in [0.15, 0.2) is 5.78 Å². The van der Waals surface area contributed by atoms with Gasteiger partial charge in [0.05, 0.1) is 12.7 Å². The number of hydrogen-bond acceptors (Lipinski definition) is 4. The topological polar surface area (TPSA) is 55.4 Å². The van der Waals surface area contributed by atoms with E-state index in [0.717, 1.165) is 19.5 Å². The lowest BCUT2D eigenvalue weighted by Gasteiger charge is -2.07. The maximum Gasteiger partial charge on any atom is 0.337 e. The third-order valence-corrected chi connectivity index (χ3v) is 3.02. The minimum Gasteiger partial charge on any atom is -0.465 e. The molecule has 0 aliphatic carbocycles. The molecule has 1 saturated heterocycles. The minimum atomic E-state index is -0.383. The number of carbonyl (C=O) groups is 2. The zero-order chi connectivity index (χ0) is 12.3.